The molecular weight excluding hydrogens is 1250 g/mol. The number of ether oxygens (including phenoxy) is 1. The number of aliphatic hydroxyl groups is 1. The third-order valence-corrected chi connectivity index (χ3v) is 19.9. The predicted molar refractivity (Wildman–Crippen MR) is 378 cm³/mol. The summed E-state index contributed by atoms with van der Waals surface area (Å²) < 4.78 is 5.85. The normalized spacial score (nSPS) is 26.2. The largest absolute Gasteiger partial charge is 0.390 e. The number of nitrogens with one attached hydrogen (secondary N) is 4. The van der Waals surface area contributed by atoms with E-state index in [1.165, 1.54) is 111 Å². The number of aliphatic hydroxyl groups excluding tert-OH is 1. The number of nitrogens with zero attached hydrogens (tertiary/aromatic N) is 8. The van der Waals surface area contributed by atoms with Gasteiger partial charge < -0.3 is 70.3 Å². The highest BCUT2D eigenvalue weighted by Gasteiger charge is 2.47. The summed E-state index contributed by atoms with van der Waals surface area (Å²) in [7, 11) is 11.5. The molecule has 25 nitrogen and oxygen atoms in total. The van der Waals surface area contributed by atoms with Crippen LogP contribution in [-0.2, 0) is 57.5 Å². The third-order valence-electron chi connectivity index (χ3n) is 18.5. The number of likely N-dealkylation sites (N-methyl/N-ethyl adjacent to an activating group) is 7. The summed E-state index contributed by atoms with van der Waals surface area (Å²) in [5.74, 6) is -9.55. The molecule has 0 radical (unpaired) electrons. The zero-order chi connectivity index (χ0) is 74.3. The van der Waals surface area contributed by atoms with Gasteiger partial charge in [0.05, 0.1) is 11.7 Å². The summed E-state index contributed by atoms with van der Waals surface area (Å²) in [5, 5.41) is 22.2. The first-order valence-electron chi connectivity index (χ1n) is 34.7. The summed E-state index contributed by atoms with van der Waals surface area (Å²) in [6, 6.07) is -12.8. The number of methoxy groups -OCH3 is 1. The van der Waals surface area contributed by atoms with Gasteiger partial charge in [-0.05, 0) is 134 Å². The van der Waals surface area contributed by atoms with Crippen molar-refractivity contribution in [3.63, 3.8) is 0 Å². The first-order valence-corrected chi connectivity index (χ1v) is 35.8. The molecule has 96 heavy (non-hydrogen) atoms. The number of allylic oxidation sites excluding steroid dienone is 2. The number of hydrogen-bond acceptors (Lipinski definition) is 15. The molecule has 26 heteroatoms. The molecule has 11 amide bonds. The topological polar surface area (TPSA) is 291 Å². The fourth-order valence-corrected chi connectivity index (χ4v) is 13.1. The Hall–Kier alpha value is -5.86. The van der Waals surface area contributed by atoms with Crippen LogP contribution >= 0.6 is 11.8 Å². The van der Waals surface area contributed by atoms with Gasteiger partial charge >= 0.3 is 0 Å². The van der Waals surface area contributed by atoms with Gasteiger partial charge in [0.15, 0.2) is 5.37 Å². The van der Waals surface area contributed by atoms with Gasteiger partial charge in [-0.1, -0.05) is 109 Å². The van der Waals surface area contributed by atoms with Crippen LogP contribution in [0.4, 0.5) is 0 Å². The van der Waals surface area contributed by atoms with Gasteiger partial charge in [0.1, 0.15) is 60.4 Å². The van der Waals surface area contributed by atoms with Crippen molar-refractivity contribution >= 4 is 76.7 Å². The molecule has 1 aliphatic heterocycles. The molecule has 0 saturated carbocycles. The van der Waals surface area contributed by atoms with Crippen LogP contribution in [0.15, 0.2) is 12.2 Å². The number of hydrogen-bond donors (Lipinski definition) is 5. The quantitative estimate of drug-likeness (QED) is 0.0677. The van der Waals surface area contributed by atoms with Crippen LogP contribution in [0.5, 0.6) is 0 Å². The molecule has 13 atom stereocenters. The van der Waals surface area contributed by atoms with Crippen LogP contribution in [0.1, 0.15) is 176 Å². The summed E-state index contributed by atoms with van der Waals surface area (Å²) >= 11 is 1.18. The maximum Gasteiger partial charge on any atom is 0.256 e. The number of rotatable bonds is 23. The minimum atomic E-state index is -1.65. The van der Waals surface area contributed by atoms with Gasteiger partial charge in [-0.15, -0.1) is 11.8 Å². The molecule has 0 aromatic rings. The Morgan fingerprint density at radius 3 is 1.46 bits per heavy atom. The van der Waals surface area contributed by atoms with Crippen LogP contribution in [0.2, 0.25) is 0 Å². The highest BCUT2D eigenvalue weighted by Crippen LogP contribution is 2.28. The van der Waals surface area contributed by atoms with E-state index in [9.17, 15) is 24.3 Å². The van der Waals surface area contributed by atoms with E-state index in [0.29, 0.717) is 25.1 Å². The van der Waals surface area contributed by atoms with Gasteiger partial charge in [-0.25, -0.2) is 0 Å². The Bertz CT molecular complexity index is 2600. The molecule has 5 N–H and O–H groups in total. The summed E-state index contributed by atoms with van der Waals surface area (Å²) in [5.41, 5.74) is -1.04. The van der Waals surface area contributed by atoms with Crippen molar-refractivity contribution in [3.05, 3.63) is 12.2 Å². The highest BCUT2D eigenvalue weighted by atomic mass is 32.2. The minimum Gasteiger partial charge on any atom is -0.390 e. The van der Waals surface area contributed by atoms with Gasteiger partial charge in [0, 0.05) is 62.9 Å². The van der Waals surface area contributed by atoms with Gasteiger partial charge in [-0.2, -0.15) is 0 Å². The number of carbonyl (C=O) groups is 11. The molecule has 1 heterocycles. The Labute approximate surface area is 580 Å². The van der Waals surface area contributed by atoms with E-state index in [1.54, 1.807) is 61.5 Å². The Morgan fingerprint density at radius 1 is 0.531 bits per heavy atom. The second-order valence-electron chi connectivity index (χ2n) is 28.9. The van der Waals surface area contributed by atoms with Crippen molar-refractivity contribution in [1.82, 2.24) is 60.5 Å². The van der Waals surface area contributed by atoms with Crippen LogP contribution < -0.4 is 21.3 Å². The van der Waals surface area contributed by atoms with Gasteiger partial charge in [0.25, 0.3) is 5.91 Å². The first-order chi connectivity index (χ1) is 44.5. The highest BCUT2D eigenvalue weighted by molar-refractivity contribution is 8.00. The zero-order valence-corrected chi connectivity index (χ0v) is 64.5. The summed E-state index contributed by atoms with van der Waals surface area (Å²) in [6.45, 7) is 36.0. The number of amides is 11. The van der Waals surface area contributed by atoms with Crippen LogP contribution in [0.25, 0.3) is 0 Å². The lowest BCUT2D eigenvalue weighted by atomic mass is 9.91. The molecule has 0 aromatic heterocycles. The lowest BCUT2D eigenvalue weighted by molar-refractivity contribution is -0.157. The average molecular weight is 1380 g/mol. The molecule has 1 rings (SSSR count). The van der Waals surface area contributed by atoms with E-state index < -0.39 is 160 Å². The molecule has 0 unspecified atom stereocenters. The van der Waals surface area contributed by atoms with E-state index in [1.807, 2.05) is 68.4 Å². The lowest BCUT2D eigenvalue weighted by Crippen LogP contribution is -2.64. The first kappa shape index (κ1) is 88.2. The molecule has 552 valence electrons. The molecule has 1 fully saturated rings. The monoisotopic (exact) mass is 1380 g/mol. The molecule has 0 spiro atoms. The van der Waals surface area contributed by atoms with Gasteiger partial charge in [0.2, 0.25) is 59.1 Å². The van der Waals surface area contributed by atoms with Crippen molar-refractivity contribution in [2.75, 3.05) is 81.8 Å². The van der Waals surface area contributed by atoms with Gasteiger partial charge in [-0.3, -0.25) is 52.7 Å². The standard InChI is InChI=1S/C70H128N12O13S/c1-28-32-34-46(15)57(83)56-61(87)73-49(29-2)63(89)81(26)69(96-36-33-35-82(30-3)31-4)68(94)78(23)53(40-70(18,19)95-27)60(86)74-54(44(11)12)66(92)75(20)50(37-41(5)6)59(85)71-47(16)58(84)72-48(17)62(88)76(21)51(38-42(7)8)64(90)77(22)52(39-43(9)10)65(91)79(24)55(45(13)14)67(93)80(56)25/h28,32,41-57,69,83H,29-31,33-40H2,1-27H3,(H,71,85)(H,72,84)(H,73,87)(H,74,86)/b32-28+/t46-,47+,48-,49+,50+,51+,52+,53+,54+,55+,56+,57-,69-/m1/s1. The maximum atomic E-state index is 15.5. The zero-order valence-electron chi connectivity index (χ0n) is 63.7. The van der Waals surface area contributed by atoms with Crippen molar-refractivity contribution in [2.45, 2.75) is 254 Å². The fraction of sp³-hybridized carbons (Fsp3) is 0.814. The van der Waals surface area contributed by atoms with E-state index >= 15 is 33.6 Å². The maximum absolute atomic E-state index is 15.5. The van der Waals surface area contributed by atoms with Crippen LogP contribution in [0, 0.1) is 35.5 Å². The van der Waals surface area contributed by atoms with E-state index in [-0.39, 0.29) is 49.9 Å². The molecule has 0 aromatic carbocycles. The summed E-state index contributed by atoms with van der Waals surface area (Å²) in [4.78, 5) is 176. The fourth-order valence-electron chi connectivity index (χ4n) is 12.0. The van der Waals surface area contributed by atoms with Crippen LogP contribution in [-0.4, -0.2) is 269 Å². The molecule has 1 aliphatic rings. The van der Waals surface area contributed by atoms with Crippen molar-refractivity contribution in [2.24, 2.45) is 35.5 Å². The van der Waals surface area contributed by atoms with E-state index in [2.05, 4.69) is 26.2 Å². The second-order valence-corrected chi connectivity index (χ2v) is 30.1. The van der Waals surface area contributed by atoms with Crippen molar-refractivity contribution in [3.8, 4) is 0 Å². The molecule has 0 bridgehead atoms. The Kier molecular flexibility index (Phi) is 37.5. The average Bonchev–Trinajstić information content (AvgIpc) is 0.949. The third kappa shape index (κ3) is 25.1. The minimum absolute atomic E-state index is 0.0108. The molecule has 0 aliphatic carbocycles. The SMILES string of the molecule is C/C=C/C[C@@H](C)[C@@H](O)[C@H]1C(=O)N[C@@H](CC)C(=O)N(C)[C@H](SCCCN(CC)CC)C(=O)N(C)[C@@H](CC(C)(C)OC)C(=O)N[C@@H](C(C)C)C(=O)N(C)[C@@H](CC(C)C)C(=O)N[C@@H](C)C(=O)N[C@H](C)C(=O)N(C)[C@@H](CC(C)C)C(=O)N(C)[C@@H](CC(C)C)C(=O)N(C)[C@@H](C(C)C)C(=O)N1C. The summed E-state index contributed by atoms with van der Waals surface area (Å²) in [6.07, 6.45) is 3.29. The number of thioether (sulfide) groups is 1. The van der Waals surface area contributed by atoms with Crippen molar-refractivity contribution in [1.29, 1.82) is 0 Å². The smallest absolute Gasteiger partial charge is 0.256 e. The van der Waals surface area contributed by atoms with Crippen molar-refractivity contribution < 1.29 is 62.6 Å². The Balaban J connectivity index is 4.62. The van der Waals surface area contributed by atoms with E-state index in [0.717, 1.165) is 18.0 Å². The van der Waals surface area contributed by atoms with E-state index in [4.69, 9.17) is 4.74 Å². The molecule has 1 saturated heterocycles. The number of carbonyl (C=O) groups excluding carboxylic acids is 11. The lowest BCUT2D eigenvalue weighted by Gasteiger charge is -2.41. The molecular formula is C70H128N12O13S. The van der Waals surface area contributed by atoms with Crippen LogP contribution in [0.3, 0.4) is 0 Å². The Morgan fingerprint density at radius 2 is 0.990 bits per heavy atom. The predicted octanol–water partition coefficient (Wildman–Crippen LogP) is 4.83. The second kappa shape index (κ2) is 40.9.